The quantitative estimate of drug-likeness (QED) is 0.781. The summed E-state index contributed by atoms with van der Waals surface area (Å²) in [4.78, 5) is 0. The van der Waals surface area contributed by atoms with Crippen LogP contribution in [0.15, 0.2) is 12.2 Å². The molecule has 0 amide bonds. The fraction of sp³-hybridized carbons (Fsp3) is 0.875. The summed E-state index contributed by atoms with van der Waals surface area (Å²) in [6.07, 6.45) is 5.91. The molecule has 0 spiro atoms. The van der Waals surface area contributed by atoms with Crippen molar-refractivity contribution < 1.29 is 14.6 Å². The van der Waals surface area contributed by atoms with Crippen LogP contribution in [0, 0.1) is 23.2 Å². The SMILES string of the molecule is C=C1CCC2C3COCOC3CCC2(C)C1CCO. The smallest absolute Gasteiger partial charge is 0.147 e. The Bertz CT molecular complexity index is 354. The average Bonchev–Trinajstić information content (AvgIpc) is 2.42. The normalized spacial score (nSPS) is 46.5. The van der Waals surface area contributed by atoms with E-state index in [0.29, 0.717) is 30.7 Å². The van der Waals surface area contributed by atoms with Crippen molar-refractivity contribution in [3.63, 3.8) is 0 Å². The van der Waals surface area contributed by atoms with Crippen molar-refractivity contribution in [2.24, 2.45) is 23.2 Å². The van der Waals surface area contributed by atoms with Crippen molar-refractivity contribution in [2.45, 2.75) is 45.1 Å². The molecule has 3 aliphatic rings. The third-order valence-electron chi connectivity index (χ3n) is 5.97. The number of hydrogen-bond donors (Lipinski definition) is 1. The molecule has 1 saturated heterocycles. The minimum Gasteiger partial charge on any atom is -0.396 e. The lowest BCUT2D eigenvalue weighted by atomic mass is 9.50. The molecule has 5 atom stereocenters. The van der Waals surface area contributed by atoms with Crippen molar-refractivity contribution in [1.29, 1.82) is 0 Å². The van der Waals surface area contributed by atoms with E-state index in [4.69, 9.17) is 9.47 Å². The summed E-state index contributed by atoms with van der Waals surface area (Å²) in [5, 5.41) is 9.38. The molecule has 0 aromatic rings. The topological polar surface area (TPSA) is 38.7 Å². The lowest BCUT2D eigenvalue weighted by molar-refractivity contribution is -0.218. The maximum Gasteiger partial charge on any atom is 0.147 e. The molecule has 0 radical (unpaired) electrons. The average molecular weight is 266 g/mol. The van der Waals surface area contributed by atoms with Crippen LogP contribution in [0.3, 0.4) is 0 Å². The monoisotopic (exact) mass is 266 g/mol. The summed E-state index contributed by atoms with van der Waals surface area (Å²) in [6, 6.07) is 0. The first kappa shape index (κ1) is 13.6. The Kier molecular flexibility index (Phi) is 3.71. The first-order chi connectivity index (χ1) is 9.16. The summed E-state index contributed by atoms with van der Waals surface area (Å²) >= 11 is 0. The number of aliphatic hydroxyl groups is 1. The summed E-state index contributed by atoms with van der Waals surface area (Å²) < 4.78 is 11.4. The third-order valence-corrected chi connectivity index (χ3v) is 5.97. The van der Waals surface area contributed by atoms with Gasteiger partial charge < -0.3 is 14.6 Å². The molecule has 19 heavy (non-hydrogen) atoms. The lowest BCUT2D eigenvalue weighted by Gasteiger charge is -2.57. The van der Waals surface area contributed by atoms with Gasteiger partial charge in [-0.25, -0.2) is 0 Å². The summed E-state index contributed by atoms with van der Waals surface area (Å²) in [5.74, 6) is 1.68. The van der Waals surface area contributed by atoms with Gasteiger partial charge in [0.15, 0.2) is 0 Å². The first-order valence-electron chi connectivity index (χ1n) is 7.64. The van der Waals surface area contributed by atoms with Crippen molar-refractivity contribution in [3.05, 3.63) is 12.2 Å². The van der Waals surface area contributed by atoms with E-state index in [-0.39, 0.29) is 12.0 Å². The molecule has 3 fully saturated rings. The molecule has 3 rings (SSSR count). The lowest BCUT2D eigenvalue weighted by Crippen LogP contribution is -2.54. The van der Waals surface area contributed by atoms with E-state index in [1.54, 1.807) is 0 Å². The molecule has 3 nitrogen and oxygen atoms in total. The maximum atomic E-state index is 9.38. The van der Waals surface area contributed by atoms with Crippen LogP contribution in [0.5, 0.6) is 0 Å². The highest BCUT2D eigenvalue weighted by Gasteiger charge is 2.53. The molecule has 2 aliphatic carbocycles. The molecule has 1 aliphatic heterocycles. The highest BCUT2D eigenvalue weighted by molar-refractivity contribution is 5.15. The molecule has 0 aromatic carbocycles. The second-order valence-corrected chi connectivity index (χ2v) is 6.77. The fourth-order valence-corrected chi connectivity index (χ4v) is 4.97. The van der Waals surface area contributed by atoms with Crippen LogP contribution in [0.1, 0.15) is 39.0 Å². The minimum absolute atomic E-state index is 0.271. The fourth-order valence-electron chi connectivity index (χ4n) is 4.97. The summed E-state index contributed by atoms with van der Waals surface area (Å²) in [7, 11) is 0. The Morgan fingerprint density at radius 2 is 2.26 bits per heavy atom. The Balaban J connectivity index is 1.86. The van der Waals surface area contributed by atoms with Crippen LogP contribution in [-0.4, -0.2) is 31.2 Å². The second-order valence-electron chi connectivity index (χ2n) is 6.77. The second kappa shape index (κ2) is 5.19. The van der Waals surface area contributed by atoms with Gasteiger partial charge in [0.25, 0.3) is 0 Å². The first-order valence-corrected chi connectivity index (χ1v) is 7.64. The van der Waals surface area contributed by atoms with Gasteiger partial charge in [0.05, 0.1) is 12.7 Å². The molecule has 5 unspecified atom stereocenters. The van der Waals surface area contributed by atoms with E-state index >= 15 is 0 Å². The zero-order chi connectivity index (χ0) is 13.5. The van der Waals surface area contributed by atoms with E-state index in [2.05, 4.69) is 13.5 Å². The van der Waals surface area contributed by atoms with E-state index in [1.165, 1.54) is 18.4 Å². The Morgan fingerprint density at radius 1 is 1.42 bits per heavy atom. The highest BCUT2D eigenvalue weighted by atomic mass is 16.7. The van der Waals surface area contributed by atoms with Gasteiger partial charge in [-0.15, -0.1) is 0 Å². The van der Waals surface area contributed by atoms with Crippen LogP contribution >= 0.6 is 0 Å². The van der Waals surface area contributed by atoms with E-state index in [1.807, 2.05) is 0 Å². The number of hydrogen-bond acceptors (Lipinski definition) is 3. The molecule has 2 saturated carbocycles. The maximum absolute atomic E-state index is 9.38. The van der Waals surface area contributed by atoms with E-state index < -0.39 is 0 Å². The van der Waals surface area contributed by atoms with Crippen LogP contribution in [0.4, 0.5) is 0 Å². The van der Waals surface area contributed by atoms with Gasteiger partial charge in [0, 0.05) is 12.5 Å². The van der Waals surface area contributed by atoms with Gasteiger partial charge in [-0.2, -0.15) is 0 Å². The highest BCUT2D eigenvalue weighted by Crippen LogP contribution is 2.58. The number of rotatable bonds is 2. The zero-order valence-corrected chi connectivity index (χ0v) is 11.9. The predicted molar refractivity (Wildman–Crippen MR) is 73.6 cm³/mol. The van der Waals surface area contributed by atoms with Crippen molar-refractivity contribution in [2.75, 3.05) is 20.0 Å². The van der Waals surface area contributed by atoms with Crippen LogP contribution in [0.2, 0.25) is 0 Å². The van der Waals surface area contributed by atoms with Gasteiger partial charge in [-0.1, -0.05) is 19.1 Å². The van der Waals surface area contributed by atoms with Crippen LogP contribution in [0.25, 0.3) is 0 Å². The van der Waals surface area contributed by atoms with E-state index in [9.17, 15) is 5.11 Å². The number of aliphatic hydroxyl groups excluding tert-OH is 1. The van der Waals surface area contributed by atoms with Gasteiger partial charge in [0.1, 0.15) is 6.79 Å². The predicted octanol–water partition coefficient (Wildman–Crippen LogP) is 2.74. The standard InChI is InChI=1S/C16H26O3/c1-11-3-4-14-12-9-18-10-19-15(12)5-7-16(14,2)13(11)6-8-17/h12-15,17H,1,3-10H2,2H3. The van der Waals surface area contributed by atoms with Crippen molar-refractivity contribution in [3.8, 4) is 0 Å². The molecule has 3 heteroatoms. The Morgan fingerprint density at radius 3 is 3.05 bits per heavy atom. The molecule has 1 heterocycles. The van der Waals surface area contributed by atoms with Crippen LogP contribution < -0.4 is 0 Å². The summed E-state index contributed by atoms with van der Waals surface area (Å²) in [5.41, 5.74) is 1.63. The van der Waals surface area contributed by atoms with Crippen molar-refractivity contribution >= 4 is 0 Å². The minimum atomic E-state index is 0.271. The molecule has 1 N–H and O–H groups in total. The van der Waals surface area contributed by atoms with Gasteiger partial charge >= 0.3 is 0 Å². The third kappa shape index (κ3) is 2.16. The van der Waals surface area contributed by atoms with Gasteiger partial charge in [-0.05, 0) is 49.4 Å². The van der Waals surface area contributed by atoms with Crippen molar-refractivity contribution in [1.82, 2.24) is 0 Å². The largest absolute Gasteiger partial charge is 0.396 e. The Hall–Kier alpha value is -0.380. The number of fused-ring (bicyclic) bond motifs is 3. The number of allylic oxidation sites excluding steroid dienone is 1. The molecule has 108 valence electrons. The molecule has 0 bridgehead atoms. The number of ether oxygens (including phenoxy) is 2. The van der Waals surface area contributed by atoms with Crippen LogP contribution in [-0.2, 0) is 9.47 Å². The van der Waals surface area contributed by atoms with E-state index in [0.717, 1.165) is 25.9 Å². The summed E-state index contributed by atoms with van der Waals surface area (Å²) in [6.45, 7) is 8.28. The molecule has 0 aromatic heterocycles. The van der Waals surface area contributed by atoms with Gasteiger partial charge in [-0.3, -0.25) is 0 Å². The molecular weight excluding hydrogens is 240 g/mol. The molecular formula is C16H26O3. The Labute approximate surface area is 116 Å². The zero-order valence-electron chi connectivity index (χ0n) is 11.9. The van der Waals surface area contributed by atoms with Gasteiger partial charge in [0.2, 0.25) is 0 Å².